The van der Waals surface area contributed by atoms with Gasteiger partial charge in [0.2, 0.25) is 21.8 Å². The van der Waals surface area contributed by atoms with Gasteiger partial charge < -0.3 is 10.2 Å². The Morgan fingerprint density at radius 3 is 2.40 bits per heavy atom. The van der Waals surface area contributed by atoms with Crippen LogP contribution in [-0.4, -0.2) is 50.5 Å². The van der Waals surface area contributed by atoms with E-state index in [0.717, 1.165) is 29.1 Å². The quantitative estimate of drug-likeness (QED) is 0.335. The Bertz CT molecular complexity index is 1100. The van der Waals surface area contributed by atoms with Crippen molar-refractivity contribution in [2.24, 2.45) is 0 Å². The van der Waals surface area contributed by atoms with Crippen molar-refractivity contribution in [1.82, 2.24) is 10.2 Å². The summed E-state index contributed by atoms with van der Waals surface area (Å²) in [6.07, 6.45) is 3.35. The first-order valence-electron chi connectivity index (χ1n) is 11.6. The Kier molecular flexibility index (Phi) is 11.5. The molecule has 0 saturated carbocycles. The molecule has 2 rings (SSSR count). The average molecular weight is 587 g/mol. The normalized spacial score (nSPS) is 12.1. The molecule has 0 spiro atoms. The lowest BCUT2D eigenvalue weighted by Gasteiger charge is -2.29. The molecule has 2 amide bonds. The van der Waals surface area contributed by atoms with Crippen molar-refractivity contribution in [3.8, 4) is 0 Å². The fourth-order valence-corrected chi connectivity index (χ4v) is 5.10. The summed E-state index contributed by atoms with van der Waals surface area (Å²) >= 11 is 9.38. The number of benzene rings is 2. The van der Waals surface area contributed by atoms with Gasteiger partial charge in [0.25, 0.3) is 0 Å². The number of nitrogens with zero attached hydrogens (tertiary/aromatic N) is 2. The fraction of sp³-hybridized carbons (Fsp3) is 0.440. The number of carbonyl (C=O) groups is 2. The molecule has 0 aliphatic rings. The van der Waals surface area contributed by atoms with Crippen molar-refractivity contribution >= 4 is 55.1 Å². The summed E-state index contributed by atoms with van der Waals surface area (Å²) in [5, 5.41) is 3.40. The molecule has 0 aliphatic carbocycles. The highest BCUT2D eigenvalue weighted by molar-refractivity contribution is 9.10. The lowest BCUT2D eigenvalue weighted by Crippen LogP contribution is -2.48. The van der Waals surface area contributed by atoms with Gasteiger partial charge in [-0.2, -0.15) is 0 Å². The number of anilines is 1. The highest BCUT2D eigenvalue weighted by Crippen LogP contribution is 2.22. The van der Waals surface area contributed by atoms with Crippen LogP contribution in [0.15, 0.2) is 53.0 Å². The van der Waals surface area contributed by atoms with Crippen LogP contribution in [0.2, 0.25) is 5.02 Å². The second-order valence-corrected chi connectivity index (χ2v) is 11.6. The molecule has 192 valence electrons. The topological polar surface area (TPSA) is 86.8 Å². The van der Waals surface area contributed by atoms with Crippen molar-refractivity contribution in [2.45, 2.75) is 52.1 Å². The maximum absolute atomic E-state index is 13.3. The molecule has 0 bridgehead atoms. The summed E-state index contributed by atoms with van der Waals surface area (Å²) < 4.78 is 26.9. The van der Waals surface area contributed by atoms with Gasteiger partial charge in [0.15, 0.2) is 0 Å². The largest absolute Gasteiger partial charge is 0.354 e. The number of carbonyl (C=O) groups excluding carboxylic acids is 2. The van der Waals surface area contributed by atoms with Crippen LogP contribution in [-0.2, 0) is 26.2 Å². The molecule has 0 radical (unpaired) electrons. The first kappa shape index (κ1) is 29.1. The van der Waals surface area contributed by atoms with Gasteiger partial charge in [-0.25, -0.2) is 8.42 Å². The molecule has 0 fully saturated rings. The molecular formula is C25H33BrClN3O4S. The first-order chi connectivity index (χ1) is 16.5. The number of halogens is 2. The molecule has 0 aliphatic heterocycles. The molecule has 0 unspecified atom stereocenters. The zero-order valence-electron chi connectivity index (χ0n) is 20.3. The smallest absolute Gasteiger partial charge is 0.242 e. The predicted molar refractivity (Wildman–Crippen MR) is 145 cm³/mol. The monoisotopic (exact) mass is 585 g/mol. The van der Waals surface area contributed by atoms with Crippen molar-refractivity contribution in [3.63, 3.8) is 0 Å². The minimum atomic E-state index is -3.55. The van der Waals surface area contributed by atoms with Gasteiger partial charge in [-0.05, 0) is 61.7 Å². The second-order valence-electron chi connectivity index (χ2n) is 8.39. The summed E-state index contributed by atoms with van der Waals surface area (Å²) in [7, 11) is -3.55. The minimum Gasteiger partial charge on any atom is -0.354 e. The van der Waals surface area contributed by atoms with Crippen LogP contribution in [0.25, 0.3) is 0 Å². The van der Waals surface area contributed by atoms with Crippen LogP contribution in [0.3, 0.4) is 0 Å². The molecule has 1 atom stereocenters. The highest BCUT2D eigenvalue weighted by Gasteiger charge is 2.26. The summed E-state index contributed by atoms with van der Waals surface area (Å²) in [6, 6.07) is 13.4. The minimum absolute atomic E-state index is 0.0974. The van der Waals surface area contributed by atoms with E-state index in [-0.39, 0.29) is 31.3 Å². The zero-order chi connectivity index (χ0) is 26.0. The SMILES string of the molecule is CCCCNC(=O)[C@@H](C)N(Cc1cccc(Br)c1)C(=O)CCCN(c1ccc(Cl)cc1)S(C)(=O)=O. The van der Waals surface area contributed by atoms with E-state index in [2.05, 4.69) is 21.2 Å². The number of sulfonamides is 1. The van der Waals surface area contributed by atoms with Gasteiger partial charge in [-0.1, -0.05) is 53.0 Å². The van der Waals surface area contributed by atoms with Crippen molar-refractivity contribution in [2.75, 3.05) is 23.7 Å². The van der Waals surface area contributed by atoms with Crippen LogP contribution in [0.4, 0.5) is 5.69 Å². The molecule has 7 nitrogen and oxygen atoms in total. The molecule has 0 aromatic heterocycles. The Morgan fingerprint density at radius 1 is 1.11 bits per heavy atom. The molecule has 0 heterocycles. The molecule has 2 aromatic carbocycles. The molecular weight excluding hydrogens is 554 g/mol. The van der Waals surface area contributed by atoms with E-state index in [0.29, 0.717) is 23.7 Å². The maximum atomic E-state index is 13.3. The van der Waals surface area contributed by atoms with E-state index in [4.69, 9.17) is 11.6 Å². The van der Waals surface area contributed by atoms with E-state index < -0.39 is 16.1 Å². The van der Waals surface area contributed by atoms with E-state index in [1.165, 1.54) is 4.31 Å². The Hall–Kier alpha value is -2.10. The van der Waals surface area contributed by atoms with Gasteiger partial charge in [-0.15, -0.1) is 0 Å². The van der Waals surface area contributed by atoms with Crippen molar-refractivity contribution < 1.29 is 18.0 Å². The third-order valence-electron chi connectivity index (χ3n) is 5.51. The van der Waals surface area contributed by atoms with Crippen LogP contribution in [0.1, 0.15) is 45.1 Å². The Balaban J connectivity index is 2.13. The van der Waals surface area contributed by atoms with Gasteiger partial charge in [0.05, 0.1) is 11.9 Å². The van der Waals surface area contributed by atoms with Crippen LogP contribution in [0.5, 0.6) is 0 Å². The van der Waals surface area contributed by atoms with Gasteiger partial charge in [0, 0.05) is 35.6 Å². The molecule has 10 heteroatoms. The van der Waals surface area contributed by atoms with Gasteiger partial charge in [-0.3, -0.25) is 13.9 Å². The Labute approximate surface area is 222 Å². The van der Waals surface area contributed by atoms with E-state index in [9.17, 15) is 18.0 Å². The summed E-state index contributed by atoms with van der Waals surface area (Å²) in [5.74, 6) is -0.423. The average Bonchev–Trinajstić information content (AvgIpc) is 2.80. The van der Waals surface area contributed by atoms with Crippen LogP contribution >= 0.6 is 27.5 Å². The van der Waals surface area contributed by atoms with Crippen molar-refractivity contribution in [3.05, 3.63) is 63.6 Å². The number of unbranched alkanes of at least 4 members (excludes halogenated alkanes) is 1. The summed E-state index contributed by atoms with van der Waals surface area (Å²) in [6.45, 7) is 4.72. The standard InChI is InChI=1S/C25H33BrClN3O4S/c1-4-5-15-28-25(32)19(2)29(18-20-8-6-9-21(26)17-20)24(31)10-7-16-30(35(3,33)34)23-13-11-22(27)12-14-23/h6,8-9,11-14,17,19H,4-5,7,10,15-16,18H2,1-3H3,(H,28,32)/t19-/m1/s1. The maximum Gasteiger partial charge on any atom is 0.242 e. The number of nitrogens with one attached hydrogen (secondary N) is 1. The third-order valence-corrected chi connectivity index (χ3v) is 7.44. The molecule has 35 heavy (non-hydrogen) atoms. The van der Waals surface area contributed by atoms with E-state index >= 15 is 0 Å². The number of hydrogen-bond acceptors (Lipinski definition) is 4. The van der Waals surface area contributed by atoms with Crippen molar-refractivity contribution in [1.29, 1.82) is 0 Å². The number of hydrogen-bond donors (Lipinski definition) is 1. The van der Waals surface area contributed by atoms with Crippen LogP contribution in [0, 0.1) is 0 Å². The zero-order valence-corrected chi connectivity index (χ0v) is 23.5. The predicted octanol–water partition coefficient (Wildman–Crippen LogP) is 4.98. The lowest BCUT2D eigenvalue weighted by atomic mass is 10.1. The fourth-order valence-electron chi connectivity index (χ4n) is 3.56. The van der Waals surface area contributed by atoms with Gasteiger partial charge >= 0.3 is 0 Å². The third kappa shape index (κ3) is 9.46. The lowest BCUT2D eigenvalue weighted by molar-refractivity contribution is -0.140. The number of amides is 2. The van der Waals surface area contributed by atoms with E-state index in [1.54, 1.807) is 36.1 Å². The highest BCUT2D eigenvalue weighted by atomic mass is 79.9. The molecule has 0 saturated heterocycles. The van der Waals surface area contributed by atoms with Gasteiger partial charge in [0.1, 0.15) is 6.04 Å². The second kappa shape index (κ2) is 13.8. The molecule has 2 aromatic rings. The van der Waals surface area contributed by atoms with Crippen LogP contribution < -0.4 is 9.62 Å². The first-order valence-corrected chi connectivity index (χ1v) is 14.6. The molecule has 1 N–H and O–H groups in total. The Morgan fingerprint density at radius 2 is 1.80 bits per heavy atom. The summed E-state index contributed by atoms with van der Waals surface area (Å²) in [5.41, 5.74) is 1.37. The summed E-state index contributed by atoms with van der Waals surface area (Å²) in [4.78, 5) is 27.6. The number of rotatable bonds is 13. The van der Waals surface area contributed by atoms with E-state index in [1.807, 2.05) is 31.2 Å².